The van der Waals surface area contributed by atoms with Gasteiger partial charge in [0.2, 0.25) is 11.8 Å². The van der Waals surface area contributed by atoms with Crippen LogP contribution in [0, 0.1) is 6.92 Å². The van der Waals surface area contributed by atoms with Gasteiger partial charge in [0.1, 0.15) is 0 Å². The highest BCUT2D eigenvalue weighted by molar-refractivity contribution is 5.83. The van der Waals surface area contributed by atoms with Gasteiger partial charge in [0.05, 0.1) is 18.0 Å². The summed E-state index contributed by atoms with van der Waals surface area (Å²) in [7, 11) is 0. The van der Waals surface area contributed by atoms with Crippen LogP contribution >= 0.6 is 0 Å². The molecule has 0 spiro atoms. The van der Waals surface area contributed by atoms with Crippen molar-refractivity contribution in [3.63, 3.8) is 0 Å². The second-order valence-corrected chi connectivity index (χ2v) is 7.83. The van der Waals surface area contributed by atoms with Gasteiger partial charge < -0.3 is 9.42 Å². The molecule has 1 atom stereocenters. The van der Waals surface area contributed by atoms with E-state index in [-0.39, 0.29) is 30.3 Å². The van der Waals surface area contributed by atoms with Crippen molar-refractivity contribution in [2.45, 2.75) is 38.7 Å². The van der Waals surface area contributed by atoms with Crippen LogP contribution in [-0.2, 0) is 30.5 Å². The van der Waals surface area contributed by atoms with Crippen molar-refractivity contribution >= 4 is 5.91 Å². The van der Waals surface area contributed by atoms with E-state index in [0.29, 0.717) is 25.5 Å². The van der Waals surface area contributed by atoms with Gasteiger partial charge in [-0.15, -0.1) is 0 Å². The van der Waals surface area contributed by atoms with Crippen molar-refractivity contribution in [3.8, 4) is 0 Å². The van der Waals surface area contributed by atoms with Crippen molar-refractivity contribution in [3.05, 3.63) is 83.0 Å². The van der Waals surface area contributed by atoms with Crippen LogP contribution in [0.5, 0.6) is 0 Å². The Bertz CT molecular complexity index is 1070. The number of rotatable bonds is 6. The monoisotopic (exact) mass is 444 g/mol. The zero-order valence-corrected chi connectivity index (χ0v) is 17.5. The predicted octanol–water partition coefficient (Wildman–Crippen LogP) is 3.85. The van der Waals surface area contributed by atoms with Gasteiger partial charge in [-0.1, -0.05) is 53.7 Å². The molecule has 1 aromatic heterocycles. The van der Waals surface area contributed by atoms with Gasteiger partial charge in [-0.05, 0) is 24.1 Å². The van der Waals surface area contributed by atoms with Crippen LogP contribution in [0.4, 0.5) is 13.2 Å². The minimum Gasteiger partial charge on any atom is -0.339 e. The highest BCUT2D eigenvalue weighted by Gasteiger charge is 2.38. The maximum Gasteiger partial charge on any atom is 0.416 e. The summed E-state index contributed by atoms with van der Waals surface area (Å²) < 4.78 is 45.7. The van der Waals surface area contributed by atoms with E-state index in [0.717, 1.165) is 11.6 Å². The molecule has 0 N–H and O–H groups in total. The van der Waals surface area contributed by atoms with E-state index in [1.807, 2.05) is 30.3 Å². The van der Waals surface area contributed by atoms with Crippen LogP contribution in [-0.4, -0.2) is 45.0 Å². The van der Waals surface area contributed by atoms with E-state index < -0.39 is 17.8 Å². The number of aryl methyl sites for hydroxylation is 1. The minimum absolute atomic E-state index is 0.00160. The summed E-state index contributed by atoms with van der Waals surface area (Å²) in [6.45, 7) is 2.96. The molecule has 1 saturated heterocycles. The molecule has 6 nitrogen and oxygen atoms in total. The van der Waals surface area contributed by atoms with Crippen LogP contribution in [0.25, 0.3) is 0 Å². The van der Waals surface area contributed by atoms with Gasteiger partial charge in [-0.3, -0.25) is 9.69 Å². The lowest BCUT2D eigenvalue weighted by Gasteiger charge is -2.40. The Balaban J connectivity index is 1.59. The smallest absolute Gasteiger partial charge is 0.339 e. The number of piperazine rings is 1. The quantitative estimate of drug-likeness (QED) is 0.578. The zero-order valence-electron chi connectivity index (χ0n) is 17.5. The maximum atomic E-state index is 13.5. The van der Waals surface area contributed by atoms with Gasteiger partial charge in [0.25, 0.3) is 0 Å². The fourth-order valence-electron chi connectivity index (χ4n) is 3.99. The van der Waals surface area contributed by atoms with Crippen LogP contribution in [0.15, 0.2) is 59.1 Å². The van der Waals surface area contributed by atoms with Crippen LogP contribution < -0.4 is 0 Å². The normalized spacial score (nSPS) is 17.7. The summed E-state index contributed by atoms with van der Waals surface area (Å²) in [6, 6.07) is 14.4. The molecule has 4 rings (SSSR count). The van der Waals surface area contributed by atoms with Crippen LogP contribution in [0.3, 0.4) is 0 Å². The van der Waals surface area contributed by atoms with Gasteiger partial charge in [0.15, 0.2) is 5.82 Å². The third-order valence-electron chi connectivity index (χ3n) is 5.54. The molecule has 1 unspecified atom stereocenters. The van der Waals surface area contributed by atoms with E-state index in [9.17, 15) is 18.0 Å². The molecule has 1 fully saturated rings. The number of aromatic nitrogens is 2. The highest BCUT2D eigenvalue weighted by atomic mass is 19.4. The van der Waals surface area contributed by atoms with E-state index in [2.05, 4.69) is 10.1 Å². The first-order valence-electron chi connectivity index (χ1n) is 10.3. The standard InChI is InChI=1S/C23H23F3N4O2/c1-16-27-21(32-28-16)13-20-22(31)30(14-17-7-3-2-4-8-17)12-11-29(20)15-18-9-5-6-10-19(18)23(24,25)26/h2-10,20H,11-15H2,1H3. The van der Waals surface area contributed by atoms with Gasteiger partial charge in [0, 0.05) is 26.2 Å². The Hall–Kier alpha value is -3.20. The molecule has 2 heterocycles. The summed E-state index contributed by atoms with van der Waals surface area (Å²) in [6.07, 6.45) is -4.33. The molecule has 1 aliphatic rings. The second-order valence-electron chi connectivity index (χ2n) is 7.83. The summed E-state index contributed by atoms with van der Waals surface area (Å²) in [5.41, 5.74) is 0.437. The first-order chi connectivity index (χ1) is 15.3. The van der Waals surface area contributed by atoms with E-state index in [1.54, 1.807) is 22.8 Å². The summed E-state index contributed by atoms with van der Waals surface area (Å²) in [5, 5.41) is 3.77. The second kappa shape index (κ2) is 9.12. The molecule has 1 amide bonds. The lowest BCUT2D eigenvalue weighted by atomic mass is 10.0. The maximum absolute atomic E-state index is 13.5. The summed E-state index contributed by atoms with van der Waals surface area (Å²) >= 11 is 0. The molecule has 0 saturated carbocycles. The molecule has 9 heteroatoms. The van der Waals surface area contributed by atoms with Crippen molar-refractivity contribution in [1.29, 1.82) is 0 Å². The lowest BCUT2D eigenvalue weighted by Crippen LogP contribution is -2.57. The van der Waals surface area contributed by atoms with Crippen molar-refractivity contribution < 1.29 is 22.5 Å². The summed E-state index contributed by atoms with van der Waals surface area (Å²) in [5.74, 6) is 0.565. The molecule has 0 bridgehead atoms. The molecular weight excluding hydrogens is 421 g/mol. The van der Waals surface area contributed by atoms with Crippen LogP contribution in [0.2, 0.25) is 0 Å². The average Bonchev–Trinajstić information content (AvgIpc) is 3.18. The number of amides is 1. The molecule has 2 aromatic carbocycles. The fourth-order valence-corrected chi connectivity index (χ4v) is 3.99. The fraction of sp³-hybridized carbons (Fsp3) is 0.348. The third kappa shape index (κ3) is 4.99. The molecule has 3 aromatic rings. The van der Waals surface area contributed by atoms with E-state index >= 15 is 0 Å². The molecule has 1 aliphatic heterocycles. The first-order valence-corrected chi connectivity index (χ1v) is 10.3. The molecule has 168 valence electrons. The first kappa shape index (κ1) is 22.0. The van der Waals surface area contributed by atoms with Gasteiger partial charge in [-0.25, -0.2) is 0 Å². The predicted molar refractivity (Wildman–Crippen MR) is 110 cm³/mol. The number of hydrogen-bond donors (Lipinski definition) is 0. The Kier molecular flexibility index (Phi) is 6.27. The zero-order chi connectivity index (χ0) is 22.7. The number of carbonyl (C=O) groups is 1. The SMILES string of the molecule is Cc1noc(CC2C(=O)N(Cc3ccccc3)CCN2Cc2ccccc2C(F)(F)F)n1. The van der Waals surface area contributed by atoms with Crippen molar-refractivity contribution in [2.75, 3.05) is 13.1 Å². The summed E-state index contributed by atoms with van der Waals surface area (Å²) in [4.78, 5) is 21.1. The molecule has 32 heavy (non-hydrogen) atoms. The number of hydrogen-bond acceptors (Lipinski definition) is 5. The topological polar surface area (TPSA) is 62.5 Å². The Morgan fingerprint density at radius 3 is 2.44 bits per heavy atom. The molecule has 0 aliphatic carbocycles. The number of benzene rings is 2. The van der Waals surface area contributed by atoms with Crippen LogP contribution in [0.1, 0.15) is 28.4 Å². The van der Waals surface area contributed by atoms with Gasteiger partial charge >= 0.3 is 6.18 Å². The van der Waals surface area contributed by atoms with Crippen molar-refractivity contribution in [1.82, 2.24) is 19.9 Å². The Morgan fingerprint density at radius 2 is 1.75 bits per heavy atom. The number of nitrogens with zero attached hydrogens (tertiary/aromatic N) is 4. The van der Waals surface area contributed by atoms with Crippen molar-refractivity contribution in [2.24, 2.45) is 0 Å². The van der Waals surface area contributed by atoms with Gasteiger partial charge in [-0.2, -0.15) is 18.2 Å². The number of alkyl halides is 3. The Morgan fingerprint density at radius 1 is 1.03 bits per heavy atom. The molecule has 0 radical (unpaired) electrons. The Labute approximate surface area is 183 Å². The number of halogens is 3. The largest absolute Gasteiger partial charge is 0.416 e. The molecular formula is C23H23F3N4O2. The highest BCUT2D eigenvalue weighted by Crippen LogP contribution is 2.33. The minimum atomic E-state index is -4.46. The lowest BCUT2D eigenvalue weighted by molar-refractivity contribution is -0.143. The van der Waals surface area contributed by atoms with E-state index in [1.165, 1.54) is 12.1 Å². The third-order valence-corrected chi connectivity index (χ3v) is 5.54. The number of carbonyl (C=O) groups excluding carboxylic acids is 1. The average molecular weight is 444 g/mol. The van der Waals surface area contributed by atoms with E-state index in [4.69, 9.17) is 4.52 Å².